The van der Waals surface area contributed by atoms with E-state index in [1.165, 1.54) is 0 Å². The second kappa shape index (κ2) is 10.7. The van der Waals surface area contributed by atoms with Crippen molar-refractivity contribution in [2.75, 3.05) is 43.0 Å². The van der Waals surface area contributed by atoms with Gasteiger partial charge in [0.25, 0.3) is 0 Å². The van der Waals surface area contributed by atoms with E-state index in [2.05, 4.69) is 51.5 Å². The van der Waals surface area contributed by atoms with Crippen molar-refractivity contribution in [1.82, 2.24) is 15.3 Å². The van der Waals surface area contributed by atoms with E-state index in [0.717, 1.165) is 55.3 Å². The Morgan fingerprint density at radius 2 is 1.91 bits per heavy atom. The van der Waals surface area contributed by atoms with Crippen LogP contribution in [0.3, 0.4) is 0 Å². The van der Waals surface area contributed by atoms with E-state index in [0.29, 0.717) is 29.2 Å². The fourth-order valence-corrected chi connectivity index (χ4v) is 3.70. The van der Waals surface area contributed by atoms with Crippen LogP contribution >= 0.6 is 11.6 Å². The first-order chi connectivity index (χ1) is 15.6. The number of halogens is 1. The van der Waals surface area contributed by atoms with Crippen molar-refractivity contribution in [3.63, 3.8) is 0 Å². The van der Waals surface area contributed by atoms with Gasteiger partial charge in [-0.2, -0.15) is 0 Å². The van der Waals surface area contributed by atoms with Gasteiger partial charge in [-0.3, -0.25) is 0 Å². The van der Waals surface area contributed by atoms with Gasteiger partial charge in [0.05, 0.1) is 18.5 Å². The lowest BCUT2D eigenvalue weighted by molar-refractivity contribution is 0.291. The molecule has 2 aromatic carbocycles. The van der Waals surface area contributed by atoms with Crippen molar-refractivity contribution in [2.45, 2.75) is 20.3 Å². The molecule has 0 amide bonds. The maximum Gasteiger partial charge on any atom is 0.161 e. The molecule has 168 valence electrons. The largest absolute Gasteiger partial charge is 0.491 e. The SMILES string of the molecule is CC(C)CCOc1cc(N2CCNCC2)ccc1Nc1nc(-c2ccccc2)ncc1Cl. The number of hydrogen-bond donors (Lipinski definition) is 2. The lowest BCUT2D eigenvalue weighted by Crippen LogP contribution is -2.43. The molecular weight excluding hydrogens is 422 g/mol. The van der Waals surface area contributed by atoms with E-state index in [4.69, 9.17) is 16.3 Å². The van der Waals surface area contributed by atoms with E-state index in [-0.39, 0.29) is 0 Å². The van der Waals surface area contributed by atoms with Gasteiger partial charge in [-0.25, -0.2) is 9.97 Å². The lowest BCUT2D eigenvalue weighted by Gasteiger charge is -2.30. The minimum atomic E-state index is 0.462. The van der Waals surface area contributed by atoms with Crippen LogP contribution in [-0.2, 0) is 0 Å². The Bertz CT molecular complexity index is 1020. The van der Waals surface area contributed by atoms with Gasteiger partial charge >= 0.3 is 0 Å². The molecule has 1 aliphatic rings. The van der Waals surface area contributed by atoms with Crippen LogP contribution < -0.4 is 20.3 Å². The molecule has 0 atom stereocenters. The zero-order valence-corrected chi connectivity index (χ0v) is 19.4. The van der Waals surface area contributed by atoms with Crippen molar-refractivity contribution in [2.24, 2.45) is 5.92 Å². The van der Waals surface area contributed by atoms with E-state index < -0.39 is 0 Å². The van der Waals surface area contributed by atoms with Crippen molar-refractivity contribution in [3.05, 3.63) is 59.8 Å². The molecule has 2 N–H and O–H groups in total. The number of ether oxygens (including phenoxy) is 1. The highest BCUT2D eigenvalue weighted by atomic mass is 35.5. The molecule has 6 nitrogen and oxygen atoms in total. The number of hydrogen-bond acceptors (Lipinski definition) is 6. The molecule has 0 spiro atoms. The zero-order chi connectivity index (χ0) is 22.3. The molecule has 1 saturated heterocycles. The van der Waals surface area contributed by atoms with Crippen LogP contribution in [0.15, 0.2) is 54.7 Å². The van der Waals surface area contributed by atoms with Crippen LogP contribution in [0.25, 0.3) is 11.4 Å². The van der Waals surface area contributed by atoms with Gasteiger partial charge in [0.1, 0.15) is 10.8 Å². The predicted octanol–water partition coefficient (Wildman–Crippen LogP) is 5.38. The summed E-state index contributed by atoms with van der Waals surface area (Å²) < 4.78 is 6.22. The second-order valence-electron chi connectivity index (χ2n) is 8.33. The molecule has 0 saturated carbocycles. The Morgan fingerprint density at radius 1 is 1.12 bits per heavy atom. The number of piperazine rings is 1. The summed E-state index contributed by atoms with van der Waals surface area (Å²) in [6.45, 7) is 9.00. The molecule has 1 aliphatic heterocycles. The third kappa shape index (κ3) is 5.69. The van der Waals surface area contributed by atoms with Gasteiger partial charge in [-0.05, 0) is 24.5 Å². The molecule has 1 fully saturated rings. The van der Waals surface area contributed by atoms with Crippen molar-refractivity contribution in [1.29, 1.82) is 0 Å². The van der Waals surface area contributed by atoms with E-state index in [9.17, 15) is 0 Å². The summed E-state index contributed by atoms with van der Waals surface area (Å²) in [6.07, 6.45) is 2.62. The van der Waals surface area contributed by atoms with Gasteiger partial charge in [0.15, 0.2) is 11.6 Å². The minimum Gasteiger partial charge on any atom is -0.491 e. The summed E-state index contributed by atoms with van der Waals surface area (Å²) in [5, 5.41) is 7.24. The molecule has 3 aromatic rings. The lowest BCUT2D eigenvalue weighted by atomic mass is 10.1. The Morgan fingerprint density at radius 3 is 2.66 bits per heavy atom. The maximum absolute atomic E-state index is 6.44. The summed E-state index contributed by atoms with van der Waals surface area (Å²) in [7, 11) is 0. The second-order valence-corrected chi connectivity index (χ2v) is 8.74. The summed E-state index contributed by atoms with van der Waals surface area (Å²) in [5.41, 5.74) is 2.94. The quantitative estimate of drug-likeness (QED) is 0.479. The highest BCUT2D eigenvalue weighted by Gasteiger charge is 2.15. The van der Waals surface area contributed by atoms with Crippen molar-refractivity contribution in [3.8, 4) is 17.1 Å². The predicted molar refractivity (Wildman–Crippen MR) is 132 cm³/mol. The zero-order valence-electron chi connectivity index (χ0n) is 18.6. The minimum absolute atomic E-state index is 0.462. The van der Waals surface area contributed by atoms with Crippen LogP contribution in [-0.4, -0.2) is 42.8 Å². The molecule has 0 radical (unpaired) electrons. The summed E-state index contributed by atoms with van der Waals surface area (Å²) in [5.74, 6) is 2.56. The first-order valence-electron chi connectivity index (χ1n) is 11.2. The Balaban J connectivity index is 1.61. The molecule has 0 unspecified atom stereocenters. The normalized spacial score (nSPS) is 13.9. The molecule has 0 aliphatic carbocycles. The van der Waals surface area contributed by atoms with Crippen LogP contribution in [0.4, 0.5) is 17.2 Å². The monoisotopic (exact) mass is 451 g/mol. The van der Waals surface area contributed by atoms with Crippen LogP contribution in [0.5, 0.6) is 5.75 Å². The van der Waals surface area contributed by atoms with Gasteiger partial charge in [0.2, 0.25) is 0 Å². The Hall–Kier alpha value is -2.83. The Labute approximate surface area is 195 Å². The summed E-state index contributed by atoms with van der Waals surface area (Å²) in [6, 6.07) is 16.1. The first-order valence-corrected chi connectivity index (χ1v) is 11.6. The van der Waals surface area contributed by atoms with Gasteiger partial charge in [-0.15, -0.1) is 0 Å². The molecule has 32 heavy (non-hydrogen) atoms. The Kier molecular flexibility index (Phi) is 7.45. The highest BCUT2D eigenvalue weighted by Crippen LogP contribution is 2.34. The summed E-state index contributed by atoms with van der Waals surface area (Å²) in [4.78, 5) is 11.4. The molecule has 2 heterocycles. The van der Waals surface area contributed by atoms with Gasteiger partial charge in [0, 0.05) is 43.5 Å². The molecular formula is C25H30ClN5O. The summed E-state index contributed by atoms with van der Waals surface area (Å²) >= 11 is 6.44. The van der Waals surface area contributed by atoms with E-state index >= 15 is 0 Å². The molecule has 7 heteroatoms. The third-order valence-electron chi connectivity index (χ3n) is 5.43. The number of nitrogens with one attached hydrogen (secondary N) is 2. The third-order valence-corrected chi connectivity index (χ3v) is 5.71. The molecule has 1 aromatic heterocycles. The van der Waals surface area contributed by atoms with Crippen LogP contribution in [0.1, 0.15) is 20.3 Å². The van der Waals surface area contributed by atoms with Crippen molar-refractivity contribution < 1.29 is 4.74 Å². The van der Waals surface area contributed by atoms with E-state index in [1.807, 2.05) is 36.4 Å². The van der Waals surface area contributed by atoms with Gasteiger partial charge < -0.3 is 20.3 Å². The smallest absolute Gasteiger partial charge is 0.161 e. The number of aromatic nitrogens is 2. The fraction of sp³-hybridized carbons (Fsp3) is 0.360. The van der Waals surface area contributed by atoms with Gasteiger partial charge in [-0.1, -0.05) is 55.8 Å². The topological polar surface area (TPSA) is 62.3 Å². The first kappa shape index (κ1) is 22.4. The van der Waals surface area contributed by atoms with E-state index in [1.54, 1.807) is 6.20 Å². The highest BCUT2D eigenvalue weighted by molar-refractivity contribution is 6.32. The fourth-order valence-electron chi connectivity index (χ4n) is 3.57. The number of anilines is 3. The number of nitrogens with zero attached hydrogens (tertiary/aromatic N) is 3. The van der Waals surface area contributed by atoms with Crippen molar-refractivity contribution >= 4 is 28.8 Å². The average molecular weight is 452 g/mol. The molecule has 0 bridgehead atoms. The number of rotatable bonds is 8. The maximum atomic E-state index is 6.44. The average Bonchev–Trinajstić information content (AvgIpc) is 2.82. The standard InChI is InChI=1S/C25H30ClN5O/c1-18(2)10-15-32-23-16-20(31-13-11-27-12-14-31)8-9-22(23)29-25-21(26)17-28-24(30-25)19-6-4-3-5-7-19/h3-9,16-18,27H,10-15H2,1-2H3,(H,28,29,30). The molecule has 4 rings (SSSR count). The van der Waals surface area contributed by atoms with Crippen LogP contribution in [0.2, 0.25) is 5.02 Å². The van der Waals surface area contributed by atoms with Crippen LogP contribution in [0, 0.1) is 5.92 Å². The number of benzene rings is 2.